The molecule has 0 radical (unpaired) electrons. The molecule has 1 aliphatic rings. The largest absolute Gasteiger partial charge is 0.320 e. The predicted octanol–water partition coefficient (Wildman–Crippen LogP) is 5.25. The summed E-state index contributed by atoms with van der Waals surface area (Å²) in [6.45, 7) is 2.05. The van der Waals surface area contributed by atoms with Gasteiger partial charge in [-0.3, -0.25) is 14.9 Å². The molecule has 0 unspecified atom stereocenters. The van der Waals surface area contributed by atoms with Crippen LogP contribution in [0.4, 0.5) is 17.1 Å². The van der Waals surface area contributed by atoms with Gasteiger partial charge in [-0.2, -0.15) is 0 Å². The van der Waals surface area contributed by atoms with Crippen LogP contribution in [0.5, 0.6) is 0 Å². The third-order valence-corrected chi connectivity index (χ3v) is 5.90. The minimum absolute atomic E-state index is 0.0839. The Morgan fingerprint density at radius 2 is 1.87 bits per heavy atom. The lowest BCUT2D eigenvalue weighted by molar-refractivity contribution is -0.384. The number of amides is 1. The van der Waals surface area contributed by atoms with Crippen LogP contribution in [-0.2, 0) is 4.79 Å². The zero-order valence-electron chi connectivity index (χ0n) is 15.7. The summed E-state index contributed by atoms with van der Waals surface area (Å²) in [4.78, 5) is 32.0. The van der Waals surface area contributed by atoms with Gasteiger partial charge in [0.05, 0.1) is 26.5 Å². The SMILES string of the molecule is Cc1ccc2nc(-c3ccc(N=C4C(=O)Nc5ccc([N+](=O)[O-])cc54)cc3)sc2c1. The number of fused-ring (bicyclic) bond motifs is 2. The van der Waals surface area contributed by atoms with E-state index in [1.807, 2.05) is 36.4 Å². The third-order valence-electron chi connectivity index (χ3n) is 4.83. The first-order valence-electron chi connectivity index (χ1n) is 9.14. The molecule has 146 valence electrons. The van der Waals surface area contributed by atoms with E-state index in [-0.39, 0.29) is 17.3 Å². The Balaban J connectivity index is 1.49. The fraction of sp³-hybridized carbons (Fsp3) is 0.0455. The van der Waals surface area contributed by atoms with Gasteiger partial charge in [-0.05, 0) is 55.0 Å². The molecule has 0 bridgehead atoms. The quantitative estimate of drug-likeness (QED) is 0.365. The van der Waals surface area contributed by atoms with Crippen molar-refractivity contribution in [3.63, 3.8) is 0 Å². The summed E-state index contributed by atoms with van der Waals surface area (Å²) < 4.78 is 1.13. The van der Waals surface area contributed by atoms with Gasteiger partial charge in [0.1, 0.15) is 10.7 Å². The number of hydrogen-bond acceptors (Lipinski definition) is 6. The first-order valence-corrected chi connectivity index (χ1v) is 9.96. The van der Waals surface area contributed by atoms with E-state index in [1.54, 1.807) is 11.3 Å². The normalized spacial score (nSPS) is 14.2. The molecule has 3 aromatic carbocycles. The first kappa shape index (κ1) is 18.1. The number of thiazole rings is 1. The Hall–Kier alpha value is -3.91. The summed E-state index contributed by atoms with van der Waals surface area (Å²) >= 11 is 1.62. The van der Waals surface area contributed by atoms with E-state index in [9.17, 15) is 14.9 Å². The highest BCUT2D eigenvalue weighted by atomic mass is 32.1. The van der Waals surface area contributed by atoms with Crippen molar-refractivity contribution in [3.8, 4) is 10.6 Å². The van der Waals surface area contributed by atoms with Crippen LogP contribution in [0.1, 0.15) is 11.1 Å². The topological polar surface area (TPSA) is 97.5 Å². The van der Waals surface area contributed by atoms with Crippen LogP contribution in [0.25, 0.3) is 20.8 Å². The van der Waals surface area contributed by atoms with Crippen molar-refractivity contribution < 1.29 is 9.72 Å². The number of rotatable bonds is 3. The van der Waals surface area contributed by atoms with Gasteiger partial charge in [0, 0.05) is 23.3 Å². The Bertz CT molecular complexity index is 1370. The second-order valence-electron chi connectivity index (χ2n) is 6.94. The van der Waals surface area contributed by atoms with Crippen LogP contribution < -0.4 is 5.32 Å². The number of aryl methyl sites for hydroxylation is 1. The number of carbonyl (C=O) groups excluding carboxylic acids is 1. The van der Waals surface area contributed by atoms with E-state index in [0.717, 1.165) is 20.8 Å². The molecular formula is C22H14N4O3S. The summed E-state index contributed by atoms with van der Waals surface area (Å²) in [5.41, 5.74) is 4.73. The highest BCUT2D eigenvalue weighted by molar-refractivity contribution is 7.21. The molecule has 0 saturated carbocycles. The number of nitro groups is 1. The Labute approximate surface area is 174 Å². The van der Waals surface area contributed by atoms with Crippen molar-refractivity contribution in [1.82, 2.24) is 4.98 Å². The smallest absolute Gasteiger partial charge is 0.275 e. The number of carbonyl (C=O) groups is 1. The molecule has 0 aliphatic carbocycles. The maximum absolute atomic E-state index is 12.3. The van der Waals surface area contributed by atoms with Gasteiger partial charge >= 0.3 is 0 Å². The average molecular weight is 414 g/mol. The van der Waals surface area contributed by atoms with Crippen molar-refractivity contribution in [2.75, 3.05) is 5.32 Å². The van der Waals surface area contributed by atoms with Crippen molar-refractivity contribution >= 4 is 50.2 Å². The Morgan fingerprint density at radius 3 is 2.63 bits per heavy atom. The van der Waals surface area contributed by atoms with Gasteiger partial charge in [0.15, 0.2) is 0 Å². The minimum atomic E-state index is -0.491. The van der Waals surface area contributed by atoms with E-state index in [4.69, 9.17) is 0 Å². The fourth-order valence-electron chi connectivity index (χ4n) is 3.33. The zero-order valence-corrected chi connectivity index (χ0v) is 16.6. The van der Waals surface area contributed by atoms with Gasteiger partial charge < -0.3 is 5.32 Å². The van der Waals surface area contributed by atoms with Crippen LogP contribution in [0, 0.1) is 17.0 Å². The van der Waals surface area contributed by atoms with Crippen molar-refractivity contribution in [3.05, 3.63) is 81.9 Å². The van der Waals surface area contributed by atoms with E-state index in [0.29, 0.717) is 16.9 Å². The van der Waals surface area contributed by atoms with Gasteiger partial charge in [-0.15, -0.1) is 11.3 Å². The first-order chi connectivity index (χ1) is 14.5. The molecule has 5 rings (SSSR count). The van der Waals surface area contributed by atoms with Crippen LogP contribution in [0.2, 0.25) is 0 Å². The molecule has 1 amide bonds. The van der Waals surface area contributed by atoms with Gasteiger partial charge in [0.2, 0.25) is 0 Å². The molecular weight excluding hydrogens is 400 g/mol. The summed E-state index contributed by atoms with van der Waals surface area (Å²) in [7, 11) is 0. The number of nitro benzene ring substituents is 1. The minimum Gasteiger partial charge on any atom is -0.320 e. The number of benzene rings is 3. The maximum Gasteiger partial charge on any atom is 0.275 e. The maximum atomic E-state index is 12.3. The fourth-order valence-corrected chi connectivity index (χ4v) is 4.40. The number of anilines is 1. The predicted molar refractivity (Wildman–Crippen MR) is 118 cm³/mol. The van der Waals surface area contributed by atoms with E-state index in [2.05, 4.69) is 28.3 Å². The monoisotopic (exact) mass is 414 g/mol. The zero-order chi connectivity index (χ0) is 20.8. The van der Waals surface area contributed by atoms with E-state index < -0.39 is 4.92 Å². The van der Waals surface area contributed by atoms with Crippen molar-refractivity contribution in [1.29, 1.82) is 0 Å². The second kappa shape index (κ2) is 6.85. The summed E-state index contributed by atoms with van der Waals surface area (Å²) in [6.07, 6.45) is 0. The number of nitrogens with one attached hydrogen (secondary N) is 1. The van der Waals surface area contributed by atoms with E-state index >= 15 is 0 Å². The standard InChI is InChI=1S/C22H14N4O3S/c1-12-2-8-18-19(10-12)30-22(25-18)13-3-5-14(6-4-13)23-20-16-11-15(26(28)29)7-9-17(16)24-21(20)27/h2-11H,1H3,(H,23,24,27). The highest BCUT2D eigenvalue weighted by Crippen LogP contribution is 2.33. The van der Waals surface area contributed by atoms with Crippen LogP contribution in [0.15, 0.2) is 65.7 Å². The molecule has 0 saturated heterocycles. The molecule has 8 heteroatoms. The number of hydrogen-bond donors (Lipinski definition) is 1. The van der Waals surface area contributed by atoms with E-state index in [1.165, 1.54) is 23.8 Å². The molecule has 7 nitrogen and oxygen atoms in total. The average Bonchev–Trinajstić information content (AvgIpc) is 3.28. The third kappa shape index (κ3) is 3.13. The van der Waals surface area contributed by atoms with Crippen molar-refractivity contribution in [2.45, 2.75) is 6.92 Å². The molecule has 0 fully saturated rings. The lowest BCUT2D eigenvalue weighted by atomic mass is 10.1. The van der Waals surface area contributed by atoms with Gasteiger partial charge in [0.25, 0.3) is 11.6 Å². The molecule has 1 N–H and O–H groups in total. The van der Waals surface area contributed by atoms with Crippen LogP contribution >= 0.6 is 11.3 Å². The highest BCUT2D eigenvalue weighted by Gasteiger charge is 2.28. The van der Waals surface area contributed by atoms with Gasteiger partial charge in [-0.1, -0.05) is 6.07 Å². The summed E-state index contributed by atoms with van der Waals surface area (Å²) in [6, 6.07) is 17.8. The molecule has 30 heavy (non-hydrogen) atoms. The lowest BCUT2D eigenvalue weighted by Crippen LogP contribution is -2.13. The number of aliphatic imine (C=N–C) groups is 1. The Kier molecular flexibility index (Phi) is 4.14. The number of aromatic nitrogens is 1. The summed E-state index contributed by atoms with van der Waals surface area (Å²) in [5, 5.41) is 14.7. The number of non-ortho nitro benzene ring substituents is 1. The molecule has 0 atom stereocenters. The summed E-state index contributed by atoms with van der Waals surface area (Å²) in [5.74, 6) is -0.379. The second-order valence-corrected chi connectivity index (χ2v) is 7.97. The lowest BCUT2D eigenvalue weighted by Gasteiger charge is -2.00. The molecule has 0 spiro atoms. The number of nitrogens with zero attached hydrogens (tertiary/aromatic N) is 3. The van der Waals surface area contributed by atoms with Gasteiger partial charge in [-0.25, -0.2) is 9.98 Å². The van der Waals surface area contributed by atoms with Crippen LogP contribution in [-0.4, -0.2) is 21.5 Å². The van der Waals surface area contributed by atoms with Crippen LogP contribution in [0.3, 0.4) is 0 Å². The molecule has 2 heterocycles. The Morgan fingerprint density at radius 1 is 1.07 bits per heavy atom. The molecule has 4 aromatic rings. The molecule has 1 aromatic heterocycles. The van der Waals surface area contributed by atoms with Crippen molar-refractivity contribution in [2.24, 2.45) is 4.99 Å². The molecule has 1 aliphatic heterocycles.